The van der Waals surface area contributed by atoms with Crippen molar-refractivity contribution >= 4 is 16.8 Å². The van der Waals surface area contributed by atoms with Crippen molar-refractivity contribution in [2.75, 3.05) is 0 Å². The lowest BCUT2D eigenvalue weighted by Gasteiger charge is -2.10. The number of carbonyl (C=O) groups is 1. The molecule has 0 bridgehead atoms. The van der Waals surface area contributed by atoms with Gasteiger partial charge in [0.1, 0.15) is 0 Å². The molecule has 1 rings (SSSR count). The highest BCUT2D eigenvalue weighted by Crippen LogP contribution is 2.26. The predicted molar refractivity (Wildman–Crippen MR) is 64.1 cm³/mol. The molecule has 0 atom stereocenters. The number of carbonyl (C=O) groups excluding carboxylic acids is 1. The highest BCUT2D eigenvalue weighted by atomic mass is 35.5. The van der Waals surface area contributed by atoms with Crippen LogP contribution in [0.2, 0.25) is 0 Å². The second-order valence-corrected chi connectivity index (χ2v) is 4.62. The van der Waals surface area contributed by atoms with Gasteiger partial charge in [-0.2, -0.15) is 0 Å². The van der Waals surface area contributed by atoms with Gasteiger partial charge < -0.3 is 0 Å². The Hall–Kier alpha value is -1.10. The van der Waals surface area contributed by atoms with Crippen LogP contribution in [-0.2, 0) is 17.6 Å². The van der Waals surface area contributed by atoms with Crippen LogP contribution in [0.15, 0.2) is 0 Å². The Morgan fingerprint density at radius 3 is 1.84 bits per heavy atom. The molecule has 1 aromatic carbocycles. The summed E-state index contributed by atoms with van der Waals surface area (Å²) in [6.45, 7) is 1.89. The first-order valence-corrected chi connectivity index (χ1v) is 6.29. The molecule has 0 saturated heterocycles. The molecule has 0 heterocycles. The molecule has 0 unspecified atom stereocenters. The zero-order valence-electron chi connectivity index (χ0n) is 10.3. The van der Waals surface area contributed by atoms with Crippen molar-refractivity contribution in [2.24, 2.45) is 0 Å². The van der Waals surface area contributed by atoms with E-state index in [-0.39, 0.29) is 6.42 Å². The van der Waals surface area contributed by atoms with Gasteiger partial charge >= 0.3 is 0 Å². The molecule has 0 aliphatic rings. The molecule has 0 aromatic heterocycles. The molecular weight excluding hydrogens is 284 g/mol. The molecule has 6 heteroatoms. The van der Waals surface area contributed by atoms with Gasteiger partial charge in [-0.15, -0.1) is 0 Å². The lowest BCUT2D eigenvalue weighted by atomic mass is 10.0. The number of unbranched alkanes of at least 4 members (excludes halogenated alkanes) is 2. The lowest BCUT2D eigenvalue weighted by Crippen LogP contribution is -2.11. The minimum Gasteiger partial charge on any atom is -0.281 e. The van der Waals surface area contributed by atoms with Crippen molar-refractivity contribution in [3.63, 3.8) is 0 Å². The molecule has 0 radical (unpaired) electrons. The zero-order valence-corrected chi connectivity index (χ0v) is 11.1. The molecule has 0 N–H and O–H groups in total. The largest absolute Gasteiger partial charge is 0.281 e. The Kier molecular flexibility index (Phi) is 5.79. The zero-order chi connectivity index (χ0) is 14.6. The first-order chi connectivity index (χ1) is 8.90. The van der Waals surface area contributed by atoms with Gasteiger partial charge in [0.2, 0.25) is 5.24 Å². The normalized spacial score (nSPS) is 10.8. The summed E-state index contributed by atoms with van der Waals surface area (Å²) in [6.07, 6.45) is 0.963. The van der Waals surface area contributed by atoms with E-state index in [4.69, 9.17) is 11.6 Å². The van der Waals surface area contributed by atoms with Crippen LogP contribution in [0.5, 0.6) is 0 Å². The first kappa shape index (κ1) is 16.0. The van der Waals surface area contributed by atoms with Gasteiger partial charge in [-0.1, -0.05) is 19.8 Å². The van der Waals surface area contributed by atoms with Crippen LogP contribution >= 0.6 is 11.6 Å². The topological polar surface area (TPSA) is 17.1 Å². The second-order valence-electron chi connectivity index (χ2n) is 4.20. The summed E-state index contributed by atoms with van der Waals surface area (Å²) < 4.78 is 54.4. The fraction of sp³-hybridized carbons (Fsp3) is 0.462. The van der Waals surface area contributed by atoms with Gasteiger partial charge in [-0.3, -0.25) is 4.79 Å². The molecule has 1 aromatic rings. The van der Waals surface area contributed by atoms with Gasteiger partial charge in [0.25, 0.3) is 0 Å². The summed E-state index contributed by atoms with van der Waals surface area (Å²) in [7, 11) is 0. The van der Waals surface area contributed by atoms with E-state index >= 15 is 0 Å². The molecule has 0 aliphatic heterocycles. The maximum atomic E-state index is 13.6. The molecule has 0 saturated carbocycles. The van der Waals surface area contributed by atoms with Gasteiger partial charge in [0, 0.05) is 11.1 Å². The van der Waals surface area contributed by atoms with Crippen molar-refractivity contribution in [1.82, 2.24) is 0 Å². The molecule has 0 fully saturated rings. The number of rotatable bonds is 6. The van der Waals surface area contributed by atoms with E-state index in [1.165, 1.54) is 0 Å². The molecule has 0 aliphatic carbocycles. The van der Waals surface area contributed by atoms with Crippen LogP contribution < -0.4 is 0 Å². The van der Waals surface area contributed by atoms with Gasteiger partial charge in [0.15, 0.2) is 23.3 Å². The number of hydrogen-bond donors (Lipinski definition) is 0. The second kappa shape index (κ2) is 6.89. The smallest absolute Gasteiger partial charge is 0.226 e. The standard InChI is InChI=1S/C13H13ClF4O/c1-2-3-4-5-7-10(15)12(17)8(6-9(14)19)13(18)11(7)16/h2-6H2,1H3. The highest BCUT2D eigenvalue weighted by molar-refractivity contribution is 6.63. The van der Waals surface area contributed by atoms with E-state index in [0.29, 0.717) is 12.8 Å². The third-order valence-corrected chi connectivity index (χ3v) is 2.92. The molecule has 0 amide bonds. The van der Waals surface area contributed by atoms with Gasteiger partial charge in [-0.05, 0) is 24.4 Å². The Labute approximate surface area is 113 Å². The maximum absolute atomic E-state index is 13.6. The van der Waals surface area contributed by atoms with E-state index in [0.717, 1.165) is 6.42 Å². The fourth-order valence-electron chi connectivity index (χ4n) is 1.79. The summed E-state index contributed by atoms with van der Waals surface area (Å²) in [4.78, 5) is 10.6. The Morgan fingerprint density at radius 1 is 0.947 bits per heavy atom. The van der Waals surface area contributed by atoms with Crippen molar-refractivity contribution in [2.45, 2.75) is 39.0 Å². The molecular formula is C13H13ClF4O. The molecule has 1 nitrogen and oxygen atoms in total. The molecule has 19 heavy (non-hydrogen) atoms. The van der Waals surface area contributed by atoms with Gasteiger partial charge in [0.05, 0.1) is 6.42 Å². The minimum absolute atomic E-state index is 0.0888. The van der Waals surface area contributed by atoms with E-state index in [9.17, 15) is 22.4 Å². The van der Waals surface area contributed by atoms with Crippen molar-refractivity contribution < 1.29 is 22.4 Å². The van der Waals surface area contributed by atoms with E-state index in [2.05, 4.69) is 0 Å². The van der Waals surface area contributed by atoms with Crippen LogP contribution in [0, 0.1) is 23.3 Å². The summed E-state index contributed by atoms with van der Waals surface area (Å²) in [5.41, 5.74) is -1.58. The third kappa shape index (κ3) is 3.69. The van der Waals surface area contributed by atoms with Crippen molar-refractivity contribution in [1.29, 1.82) is 0 Å². The summed E-state index contributed by atoms with van der Waals surface area (Å²) >= 11 is 4.99. The van der Waals surface area contributed by atoms with Crippen LogP contribution in [0.1, 0.15) is 37.3 Å². The fourth-order valence-corrected chi connectivity index (χ4v) is 1.92. The Balaban J connectivity index is 3.18. The quantitative estimate of drug-likeness (QED) is 0.331. The summed E-state index contributed by atoms with van der Waals surface area (Å²) in [5, 5.41) is -1.09. The number of benzene rings is 1. The molecule has 106 valence electrons. The van der Waals surface area contributed by atoms with E-state index in [1.54, 1.807) is 0 Å². The summed E-state index contributed by atoms with van der Waals surface area (Å²) in [5.74, 6) is -5.97. The highest BCUT2D eigenvalue weighted by Gasteiger charge is 2.25. The van der Waals surface area contributed by atoms with E-state index in [1.807, 2.05) is 6.92 Å². The Morgan fingerprint density at radius 2 is 1.42 bits per heavy atom. The third-order valence-electron chi connectivity index (χ3n) is 2.79. The first-order valence-electron chi connectivity index (χ1n) is 5.92. The SMILES string of the molecule is CCCCCc1c(F)c(F)c(CC(=O)Cl)c(F)c1F. The van der Waals surface area contributed by atoms with Crippen molar-refractivity contribution in [3.8, 4) is 0 Å². The molecule has 0 spiro atoms. The van der Waals surface area contributed by atoms with Crippen LogP contribution in [0.3, 0.4) is 0 Å². The van der Waals surface area contributed by atoms with Crippen LogP contribution in [0.25, 0.3) is 0 Å². The van der Waals surface area contributed by atoms with E-state index < -0.39 is 46.1 Å². The lowest BCUT2D eigenvalue weighted by molar-refractivity contribution is -0.111. The number of halogens is 5. The average Bonchev–Trinajstić information content (AvgIpc) is 2.36. The van der Waals surface area contributed by atoms with Crippen LogP contribution in [0.4, 0.5) is 17.6 Å². The predicted octanol–water partition coefficient (Wildman–Crippen LogP) is 4.28. The van der Waals surface area contributed by atoms with Crippen molar-refractivity contribution in [3.05, 3.63) is 34.4 Å². The Bertz CT molecular complexity index is 459. The maximum Gasteiger partial charge on any atom is 0.226 e. The number of hydrogen-bond acceptors (Lipinski definition) is 1. The monoisotopic (exact) mass is 296 g/mol. The summed E-state index contributed by atoms with van der Waals surface area (Å²) in [6, 6.07) is 0. The van der Waals surface area contributed by atoms with Crippen LogP contribution in [-0.4, -0.2) is 5.24 Å². The average molecular weight is 297 g/mol. The van der Waals surface area contributed by atoms with Gasteiger partial charge in [-0.25, -0.2) is 17.6 Å². The minimum atomic E-state index is -1.54.